The highest BCUT2D eigenvalue weighted by molar-refractivity contribution is 6.51. The lowest BCUT2D eigenvalue weighted by Crippen LogP contribution is -2.28. The van der Waals surface area contributed by atoms with Crippen LogP contribution in [0.2, 0.25) is 0 Å². The number of Topliss-reactive ketones (excluding diaryl/α,β-unsaturated/α-hetero) is 1. The predicted molar refractivity (Wildman–Crippen MR) is 137 cm³/mol. The highest BCUT2D eigenvalue weighted by Crippen LogP contribution is 2.54. The van der Waals surface area contributed by atoms with E-state index in [4.69, 9.17) is 4.84 Å². The van der Waals surface area contributed by atoms with E-state index in [0.29, 0.717) is 24.0 Å². The summed E-state index contributed by atoms with van der Waals surface area (Å²) >= 11 is 0. The molecule has 1 aliphatic carbocycles. The second kappa shape index (κ2) is 10.3. The van der Waals surface area contributed by atoms with Crippen LogP contribution in [0.4, 0.5) is 13.2 Å². The van der Waals surface area contributed by atoms with Crippen molar-refractivity contribution in [2.24, 2.45) is 5.16 Å². The maximum atomic E-state index is 13.8. The number of nitrogens with zero attached hydrogens (tertiary/aromatic N) is 1. The number of alkyl halides is 3. The van der Waals surface area contributed by atoms with Crippen LogP contribution in [0.25, 0.3) is 11.1 Å². The minimum atomic E-state index is -4.30. The first kappa shape index (κ1) is 26.3. The normalized spacial score (nSPS) is 16.8. The zero-order valence-electron chi connectivity index (χ0n) is 21.0. The Bertz CT molecular complexity index is 1380. The number of aryl methyl sites for hydroxylation is 1. The topological polar surface area (TPSA) is 55.7 Å². The molecule has 0 fully saturated rings. The molecule has 4 nitrogen and oxygen atoms in total. The fraction of sp³-hybridized carbons (Fsp3) is 0.300. The van der Waals surface area contributed by atoms with E-state index in [1.54, 1.807) is 30.3 Å². The predicted octanol–water partition coefficient (Wildman–Crippen LogP) is 7.55. The summed E-state index contributed by atoms with van der Waals surface area (Å²) in [6, 6.07) is 19.8. The van der Waals surface area contributed by atoms with Crippen LogP contribution >= 0.6 is 0 Å². The quantitative estimate of drug-likeness (QED) is 0.137. The molecule has 1 unspecified atom stereocenters. The molecule has 0 N–H and O–H groups in total. The van der Waals surface area contributed by atoms with Gasteiger partial charge in [0.15, 0.2) is 5.71 Å². The summed E-state index contributed by atoms with van der Waals surface area (Å²) in [7, 11) is 0. The lowest BCUT2D eigenvalue weighted by molar-refractivity contribution is -0.141. The minimum Gasteiger partial charge on any atom is -0.318 e. The summed E-state index contributed by atoms with van der Waals surface area (Å²) < 4.78 is 40.3. The highest BCUT2D eigenvalue weighted by atomic mass is 19.4. The maximum absolute atomic E-state index is 13.8. The summed E-state index contributed by atoms with van der Waals surface area (Å²) in [5.74, 6) is -1.15. The Kier molecular flexibility index (Phi) is 7.35. The molecule has 192 valence electrons. The number of hydrogen-bond donors (Lipinski definition) is 0. The number of carbonyl (C=O) groups excluding carboxylic acids is 2. The van der Waals surface area contributed by atoms with E-state index in [2.05, 4.69) is 5.16 Å². The van der Waals surface area contributed by atoms with Crippen molar-refractivity contribution in [2.45, 2.75) is 58.0 Å². The highest BCUT2D eigenvalue weighted by Gasteiger charge is 2.45. The van der Waals surface area contributed by atoms with Crippen LogP contribution in [0.3, 0.4) is 0 Å². The van der Waals surface area contributed by atoms with Gasteiger partial charge in [0.1, 0.15) is 0 Å². The molecule has 7 heteroatoms. The number of fused-ring (bicyclic) bond motifs is 3. The molecule has 0 aromatic heterocycles. The fourth-order valence-corrected chi connectivity index (χ4v) is 5.34. The lowest BCUT2D eigenvalue weighted by atomic mass is 9.71. The molecule has 3 aromatic carbocycles. The van der Waals surface area contributed by atoms with Gasteiger partial charge >= 0.3 is 12.1 Å². The van der Waals surface area contributed by atoms with Crippen LogP contribution in [0.1, 0.15) is 72.1 Å². The van der Waals surface area contributed by atoms with Gasteiger partial charge in [0, 0.05) is 29.9 Å². The smallest absolute Gasteiger partial charge is 0.318 e. The average molecular weight is 508 g/mol. The Hall–Kier alpha value is -3.74. The molecule has 1 aliphatic rings. The molecule has 0 heterocycles. The van der Waals surface area contributed by atoms with Gasteiger partial charge in [-0.1, -0.05) is 79.2 Å². The molecule has 0 bridgehead atoms. The second-order valence-corrected chi connectivity index (χ2v) is 9.42. The van der Waals surface area contributed by atoms with Crippen molar-refractivity contribution in [1.29, 1.82) is 0 Å². The Balaban J connectivity index is 1.87. The standard InChI is InChI=1S/C30H28F3NO3/c1-4-15-29(16-17-30(31,32)33)25-12-8-7-11-23(25)24-14-13-21(18-26(24)29)28(36)27(34-37-20(3)35)22-10-6-5-9-19(22)2/h5-14,18H,4,15-17H2,1-3H3/b34-27+. The summed E-state index contributed by atoms with van der Waals surface area (Å²) in [5.41, 5.74) is 3.92. The first-order valence-corrected chi connectivity index (χ1v) is 12.2. The summed E-state index contributed by atoms with van der Waals surface area (Å²) in [6.45, 7) is 4.96. The Morgan fingerprint density at radius 3 is 2.27 bits per heavy atom. The van der Waals surface area contributed by atoms with Crippen molar-refractivity contribution in [3.63, 3.8) is 0 Å². The second-order valence-electron chi connectivity index (χ2n) is 9.42. The van der Waals surface area contributed by atoms with E-state index in [1.807, 2.05) is 50.2 Å². The van der Waals surface area contributed by atoms with E-state index in [0.717, 1.165) is 22.3 Å². The van der Waals surface area contributed by atoms with E-state index in [-0.39, 0.29) is 17.7 Å². The summed E-state index contributed by atoms with van der Waals surface area (Å²) in [5, 5.41) is 3.87. The number of rotatable bonds is 8. The molecule has 0 saturated heterocycles. The molecule has 0 radical (unpaired) electrons. The number of hydrogen-bond acceptors (Lipinski definition) is 4. The van der Waals surface area contributed by atoms with E-state index in [9.17, 15) is 22.8 Å². The van der Waals surface area contributed by atoms with Crippen molar-refractivity contribution >= 4 is 17.5 Å². The number of halogens is 3. The molecule has 0 spiro atoms. The number of ketones is 1. The van der Waals surface area contributed by atoms with Gasteiger partial charge in [0.25, 0.3) is 0 Å². The van der Waals surface area contributed by atoms with Crippen molar-refractivity contribution in [1.82, 2.24) is 0 Å². The van der Waals surface area contributed by atoms with Crippen LogP contribution in [0.5, 0.6) is 0 Å². The Labute approximate surface area is 214 Å². The van der Waals surface area contributed by atoms with Crippen LogP contribution in [-0.4, -0.2) is 23.6 Å². The fourth-order valence-electron chi connectivity index (χ4n) is 5.34. The van der Waals surface area contributed by atoms with Gasteiger partial charge in [-0.15, -0.1) is 0 Å². The van der Waals surface area contributed by atoms with Crippen LogP contribution in [-0.2, 0) is 15.0 Å². The van der Waals surface area contributed by atoms with Crippen molar-refractivity contribution < 1.29 is 27.6 Å². The van der Waals surface area contributed by atoms with E-state index >= 15 is 0 Å². The minimum absolute atomic E-state index is 0.0415. The molecule has 4 rings (SSSR count). The molecule has 0 aliphatic heterocycles. The molecule has 37 heavy (non-hydrogen) atoms. The molecular formula is C30H28F3NO3. The Morgan fingerprint density at radius 2 is 1.59 bits per heavy atom. The summed E-state index contributed by atoms with van der Waals surface area (Å²) in [4.78, 5) is 30.1. The third-order valence-corrected chi connectivity index (χ3v) is 6.92. The molecule has 3 aromatic rings. The lowest BCUT2D eigenvalue weighted by Gasteiger charge is -2.33. The van der Waals surface area contributed by atoms with Gasteiger partial charge in [-0.05, 0) is 53.6 Å². The zero-order chi connectivity index (χ0) is 26.8. The van der Waals surface area contributed by atoms with Gasteiger partial charge in [-0.25, -0.2) is 4.79 Å². The largest absolute Gasteiger partial charge is 0.389 e. The van der Waals surface area contributed by atoms with Crippen molar-refractivity contribution in [3.8, 4) is 11.1 Å². The van der Waals surface area contributed by atoms with Gasteiger partial charge in [-0.2, -0.15) is 13.2 Å². The molecule has 1 atom stereocenters. The molecular weight excluding hydrogens is 479 g/mol. The SMILES string of the molecule is CCCC1(CCC(F)(F)F)c2ccccc2-c2ccc(C(=O)/C(=N/OC(C)=O)c3ccccc3C)cc21. The van der Waals surface area contributed by atoms with Gasteiger partial charge in [0.05, 0.1) is 0 Å². The van der Waals surface area contributed by atoms with Crippen LogP contribution in [0.15, 0.2) is 71.9 Å². The zero-order valence-corrected chi connectivity index (χ0v) is 21.0. The average Bonchev–Trinajstić information content (AvgIpc) is 3.13. The van der Waals surface area contributed by atoms with Crippen LogP contribution in [0, 0.1) is 6.92 Å². The van der Waals surface area contributed by atoms with Crippen LogP contribution < -0.4 is 0 Å². The first-order chi connectivity index (χ1) is 17.6. The summed E-state index contributed by atoms with van der Waals surface area (Å²) in [6.07, 6.45) is -4.16. The third-order valence-electron chi connectivity index (χ3n) is 6.92. The van der Waals surface area contributed by atoms with Gasteiger partial charge in [-0.3, -0.25) is 4.79 Å². The van der Waals surface area contributed by atoms with E-state index in [1.165, 1.54) is 6.92 Å². The monoisotopic (exact) mass is 507 g/mol. The first-order valence-electron chi connectivity index (χ1n) is 12.2. The Morgan fingerprint density at radius 1 is 0.919 bits per heavy atom. The molecule has 0 saturated carbocycles. The van der Waals surface area contributed by atoms with Crippen molar-refractivity contribution in [3.05, 3.63) is 94.5 Å². The van der Waals surface area contributed by atoms with Crippen molar-refractivity contribution in [2.75, 3.05) is 0 Å². The van der Waals surface area contributed by atoms with Gasteiger partial charge in [0.2, 0.25) is 5.78 Å². The maximum Gasteiger partial charge on any atom is 0.389 e. The third kappa shape index (κ3) is 5.22. The van der Waals surface area contributed by atoms with Gasteiger partial charge < -0.3 is 4.84 Å². The van der Waals surface area contributed by atoms with E-state index < -0.39 is 29.8 Å². The number of carbonyl (C=O) groups is 2. The molecule has 0 amide bonds. The number of oxime groups is 1. The number of benzene rings is 3.